The molecule has 0 bridgehead atoms. The van der Waals surface area contributed by atoms with E-state index in [1.165, 1.54) is 12.1 Å². The molecule has 2 aromatic heterocycles. The Balaban J connectivity index is 1.52. The van der Waals surface area contributed by atoms with Crippen molar-refractivity contribution in [2.75, 3.05) is 6.61 Å². The molecule has 1 amide bonds. The Morgan fingerprint density at radius 3 is 2.65 bits per heavy atom. The zero-order valence-corrected chi connectivity index (χ0v) is 18.9. The molecule has 0 aliphatic carbocycles. The minimum atomic E-state index is -1.20. The van der Waals surface area contributed by atoms with Gasteiger partial charge in [0.2, 0.25) is 0 Å². The number of hydrogen-bond acceptors (Lipinski definition) is 6. The third-order valence-corrected chi connectivity index (χ3v) is 5.82. The van der Waals surface area contributed by atoms with Crippen LogP contribution in [0.2, 0.25) is 0 Å². The molecule has 4 aromatic rings. The van der Waals surface area contributed by atoms with Gasteiger partial charge in [-0.05, 0) is 67.8 Å². The summed E-state index contributed by atoms with van der Waals surface area (Å²) in [7, 11) is 0. The van der Waals surface area contributed by atoms with E-state index in [9.17, 15) is 24.6 Å². The monoisotopic (exact) mass is 464 g/mol. The van der Waals surface area contributed by atoms with Crippen LogP contribution in [-0.4, -0.2) is 39.7 Å². The quantitative estimate of drug-likeness (QED) is 0.308. The van der Waals surface area contributed by atoms with Gasteiger partial charge in [-0.2, -0.15) is 0 Å². The molecule has 2 aromatic carbocycles. The lowest BCUT2D eigenvalue weighted by Crippen LogP contribution is -2.44. The number of carboxylic acids is 1. The van der Waals surface area contributed by atoms with Crippen LogP contribution in [0.3, 0.4) is 0 Å². The summed E-state index contributed by atoms with van der Waals surface area (Å²) >= 11 is 0. The lowest BCUT2D eigenvalue weighted by Gasteiger charge is -2.16. The standard InChI is InChI=1S/C25H24N2O7/c1-12-6-20(23-13(2)14(3)25(32)34-21(23)7-12)33-11-22(29)27-19(24(30)31)8-15-10-26-18-5-4-16(28)9-17(15)18/h4-7,9-10,19,26,28H,8,11H2,1-3H3,(H,27,29)(H,30,31)/t19-/m0/s1. The Labute approximate surface area is 194 Å². The van der Waals surface area contributed by atoms with Crippen LogP contribution >= 0.6 is 0 Å². The van der Waals surface area contributed by atoms with Crippen molar-refractivity contribution in [2.45, 2.75) is 33.2 Å². The second-order valence-corrected chi connectivity index (χ2v) is 8.27. The number of nitrogens with one attached hydrogen (secondary N) is 2. The topological polar surface area (TPSA) is 142 Å². The van der Waals surface area contributed by atoms with Gasteiger partial charge in [-0.3, -0.25) is 4.79 Å². The van der Waals surface area contributed by atoms with Crippen LogP contribution in [0, 0.1) is 20.8 Å². The summed E-state index contributed by atoms with van der Waals surface area (Å²) in [6, 6.07) is 7.00. The highest BCUT2D eigenvalue weighted by Gasteiger charge is 2.23. The number of aromatic amines is 1. The third-order valence-electron chi connectivity index (χ3n) is 5.82. The van der Waals surface area contributed by atoms with Crippen molar-refractivity contribution < 1.29 is 29.0 Å². The molecule has 0 unspecified atom stereocenters. The average molecular weight is 464 g/mol. The highest BCUT2D eigenvalue weighted by molar-refractivity contribution is 5.90. The first-order chi connectivity index (χ1) is 16.1. The first-order valence-electron chi connectivity index (χ1n) is 10.6. The first kappa shape index (κ1) is 22.9. The number of aromatic hydroxyl groups is 1. The number of carbonyl (C=O) groups excluding carboxylic acids is 1. The molecular formula is C25H24N2O7. The first-order valence-corrected chi connectivity index (χ1v) is 10.6. The van der Waals surface area contributed by atoms with Crippen molar-refractivity contribution >= 4 is 33.7 Å². The summed E-state index contributed by atoms with van der Waals surface area (Å²) in [5.74, 6) is -1.38. The number of rotatable bonds is 7. The van der Waals surface area contributed by atoms with Crippen LogP contribution in [0.5, 0.6) is 11.5 Å². The molecule has 0 aliphatic rings. The molecule has 9 heteroatoms. The molecule has 4 N–H and O–H groups in total. The fraction of sp³-hybridized carbons (Fsp3) is 0.240. The Morgan fingerprint density at radius 2 is 1.91 bits per heavy atom. The van der Waals surface area contributed by atoms with E-state index in [1.54, 1.807) is 45.2 Å². The molecule has 2 heterocycles. The predicted octanol–water partition coefficient (Wildman–Crippen LogP) is 3.10. The smallest absolute Gasteiger partial charge is 0.339 e. The van der Waals surface area contributed by atoms with Crippen LogP contribution in [0.1, 0.15) is 22.3 Å². The zero-order valence-electron chi connectivity index (χ0n) is 18.9. The number of carbonyl (C=O) groups is 2. The van der Waals surface area contributed by atoms with E-state index >= 15 is 0 Å². The summed E-state index contributed by atoms with van der Waals surface area (Å²) in [6.45, 7) is 4.81. The molecule has 4 rings (SSSR count). The molecular weight excluding hydrogens is 440 g/mol. The number of carboxylic acid groups (broad SMARTS) is 1. The average Bonchev–Trinajstić information content (AvgIpc) is 3.16. The summed E-state index contributed by atoms with van der Waals surface area (Å²) in [5, 5.41) is 23.1. The van der Waals surface area contributed by atoms with E-state index in [0.29, 0.717) is 38.8 Å². The Morgan fingerprint density at radius 1 is 1.15 bits per heavy atom. The van der Waals surface area contributed by atoms with Crippen molar-refractivity contribution in [3.8, 4) is 11.5 Å². The van der Waals surface area contributed by atoms with Crippen molar-refractivity contribution in [1.82, 2.24) is 10.3 Å². The van der Waals surface area contributed by atoms with E-state index < -0.39 is 30.2 Å². The summed E-state index contributed by atoms with van der Waals surface area (Å²) in [4.78, 5) is 39.4. The molecule has 176 valence electrons. The number of phenolic OH excluding ortho intramolecular Hbond substituents is 1. The lowest BCUT2D eigenvalue weighted by molar-refractivity contribution is -0.142. The molecule has 0 aliphatic heterocycles. The fourth-order valence-electron chi connectivity index (χ4n) is 3.94. The highest BCUT2D eigenvalue weighted by atomic mass is 16.5. The second kappa shape index (κ2) is 8.93. The van der Waals surface area contributed by atoms with Gasteiger partial charge in [0.1, 0.15) is 23.1 Å². The second-order valence-electron chi connectivity index (χ2n) is 8.27. The largest absolute Gasteiger partial charge is 0.508 e. The van der Waals surface area contributed by atoms with Gasteiger partial charge in [-0.1, -0.05) is 0 Å². The normalized spacial score (nSPS) is 12.1. The van der Waals surface area contributed by atoms with Gasteiger partial charge >= 0.3 is 11.6 Å². The van der Waals surface area contributed by atoms with Gasteiger partial charge in [-0.25, -0.2) is 9.59 Å². The highest BCUT2D eigenvalue weighted by Crippen LogP contribution is 2.31. The summed E-state index contributed by atoms with van der Waals surface area (Å²) in [5.41, 5.74) is 3.22. The van der Waals surface area contributed by atoms with Crippen molar-refractivity contribution in [2.24, 2.45) is 0 Å². The van der Waals surface area contributed by atoms with Gasteiger partial charge in [0.15, 0.2) is 6.61 Å². The third kappa shape index (κ3) is 4.45. The number of amides is 1. The van der Waals surface area contributed by atoms with Crippen molar-refractivity contribution in [3.05, 3.63) is 69.2 Å². The van der Waals surface area contributed by atoms with Gasteiger partial charge in [0.05, 0.1) is 5.39 Å². The molecule has 9 nitrogen and oxygen atoms in total. The molecule has 34 heavy (non-hydrogen) atoms. The maximum atomic E-state index is 12.6. The van der Waals surface area contributed by atoms with E-state index in [4.69, 9.17) is 9.15 Å². The van der Waals surface area contributed by atoms with Crippen LogP contribution in [-0.2, 0) is 16.0 Å². The van der Waals surface area contributed by atoms with Crippen LogP contribution in [0.25, 0.3) is 21.9 Å². The van der Waals surface area contributed by atoms with E-state index in [1.807, 2.05) is 0 Å². The minimum Gasteiger partial charge on any atom is -0.508 e. The molecule has 0 fully saturated rings. The number of benzene rings is 2. The molecule has 0 spiro atoms. The Hall–Kier alpha value is -4.27. The molecule has 0 saturated heterocycles. The SMILES string of the molecule is Cc1cc(OCC(=O)N[C@@H](Cc2c[nH]c3ccc(O)cc23)C(=O)O)c2c(C)c(C)c(=O)oc2c1. The summed E-state index contributed by atoms with van der Waals surface area (Å²) in [6.07, 6.45) is 1.67. The molecule has 1 atom stereocenters. The van der Waals surface area contributed by atoms with Crippen molar-refractivity contribution in [3.63, 3.8) is 0 Å². The van der Waals surface area contributed by atoms with E-state index in [-0.39, 0.29) is 12.2 Å². The van der Waals surface area contributed by atoms with E-state index in [2.05, 4.69) is 10.3 Å². The maximum Gasteiger partial charge on any atom is 0.339 e. The number of fused-ring (bicyclic) bond motifs is 2. The molecule has 0 radical (unpaired) electrons. The number of hydrogen-bond donors (Lipinski definition) is 4. The van der Waals surface area contributed by atoms with Gasteiger partial charge in [-0.15, -0.1) is 0 Å². The number of aliphatic carboxylic acids is 1. The fourth-order valence-corrected chi connectivity index (χ4v) is 3.94. The zero-order chi connectivity index (χ0) is 24.6. The number of aryl methyl sites for hydroxylation is 2. The van der Waals surface area contributed by atoms with Crippen LogP contribution in [0.4, 0.5) is 0 Å². The molecule has 0 saturated carbocycles. The lowest BCUT2D eigenvalue weighted by atomic mass is 10.0. The van der Waals surface area contributed by atoms with Gasteiger partial charge in [0.25, 0.3) is 5.91 Å². The maximum absolute atomic E-state index is 12.6. The van der Waals surface area contributed by atoms with Gasteiger partial charge < -0.3 is 29.7 Å². The number of ether oxygens (including phenoxy) is 1. The number of aromatic nitrogens is 1. The number of H-pyrrole nitrogens is 1. The Kier molecular flexibility index (Phi) is 6.02. The number of phenols is 1. The van der Waals surface area contributed by atoms with E-state index in [0.717, 1.165) is 11.1 Å². The summed E-state index contributed by atoms with van der Waals surface area (Å²) < 4.78 is 11.1. The predicted molar refractivity (Wildman–Crippen MR) is 125 cm³/mol. The van der Waals surface area contributed by atoms with Crippen LogP contribution < -0.4 is 15.7 Å². The van der Waals surface area contributed by atoms with Gasteiger partial charge in [0, 0.05) is 29.1 Å². The Bertz CT molecular complexity index is 1480. The van der Waals surface area contributed by atoms with Crippen molar-refractivity contribution in [1.29, 1.82) is 0 Å². The van der Waals surface area contributed by atoms with Crippen LogP contribution in [0.15, 0.2) is 45.7 Å². The minimum absolute atomic E-state index is 0.0152.